The third-order valence-corrected chi connectivity index (χ3v) is 8.52. The second kappa shape index (κ2) is 10.3. The van der Waals surface area contributed by atoms with Crippen LogP contribution in [0.25, 0.3) is 9.75 Å². The van der Waals surface area contributed by atoms with E-state index in [-0.39, 0.29) is 37.3 Å². The molecule has 0 saturated carbocycles. The van der Waals surface area contributed by atoms with Gasteiger partial charge in [-0.2, -0.15) is 0 Å². The summed E-state index contributed by atoms with van der Waals surface area (Å²) >= 11 is 3.49. The molecule has 0 saturated heterocycles. The van der Waals surface area contributed by atoms with Crippen LogP contribution in [-0.2, 0) is 10.8 Å². The summed E-state index contributed by atoms with van der Waals surface area (Å²) in [6, 6.07) is 4.25. The van der Waals surface area contributed by atoms with Gasteiger partial charge in [0.15, 0.2) is 0 Å². The van der Waals surface area contributed by atoms with E-state index in [0.717, 1.165) is 40.5 Å². The van der Waals surface area contributed by atoms with Crippen molar-refractivity contribution in [2.24, 2.45) is 0 Å². The number of rotatable bonds is 12. The van der Waals surface area contributed by atoms with Gasteiger partial charge in [-0.25, -0.2) is 0 Å². The van der Waals surface area contributed by atoms with Crippen LogP contribution in [0.3, 0.4) is 0 Å². The van der Waals surface area contributed by atoms with Gasteiger partial charge in [-0.1, -0.05) is 48.0 Å². The van der Waals surface area contributed by atoms with Gasteiger partial charge < -0.3 is 19.7 Å². The molecule has 0 aliphatic rings. The van der Waals surface area contributed by atoms with Gasteiger partial charge in [0.1, 0.15) is 24.7 Å². The van der Waals surface area contributed by atoms with Crippen LogP contribution >= 0.6 is 22.7 Å². The van der Waals surface area contributed by atoms with Crippen molar-refractivity contribution in [1.29, 1.82) is 0 Å². The average molecular weight is 441 g/mol. The molecule has 0 atom stereocenters. The Morgan fingerprint density at radius 3 is 1.62 bits per heavy atom. The summed E-state index contributed by atoms with van der Waals surface area (Å²) in [6.07, 6.45) is 3.24. The number of ether oxygens (including phenoxy) is 2. The predicted octanol–water partition coefficient (Wildman–Crippen LogP) is 5.98. The Hall–Kier alpha value is -1.08. The van der Waals surface area contributed by atoms with Crippen LogP contribution in [0.4, 0.5) is 0 Å². The minimum absolute atomic E-state index is 0.0185. The third kappa shape index (κ3) is 5.75. The molecule has 0 radical (unpaired) electrons. The summed E-state index contributed by atoms with van der Waals surface area (Å²) in [7, 11) is 0. The lowest BCUT2D eigenvalue weighted by Gasteiger charge is -2.22. The van der Waals surface area contributed by atoms with Crippen LogP contribution in [-0.4, -0.2) is 36.6 Å². The van der Waals surface area contributed by atoms with Crippen LogP contribution in [0.5, 0.6) is 11.5 Å². The number of thiophene rings is 2. The molecule has 2 rings (SSSR count). The van der Waals surface area contributed by atoms with Gasteiger partial charge in [0.2, 0.25) is 0 Å². The Morgan fingerprint density at radius 1 is 0.793 bits per heavy atom. The lowest BCUT2D eigenvalue weighted by atomic mass is 9.86. The molecule has 0 fully saturated rings. The van der Waals surface area contributed by atoms with Gasteiger partial charge in [0.25, 0.3) is 0 Å². The molecular formula is C23H36O4S2. The van der Waals surface area contributed by atoms with Gasteiger partial charge in [0, 0.05) is 9.75 Å². The van der Waals surface area contributed by atoms with Gasteiger partial charge in [-0.15, -0.1) is 22.7 Å². The second-order valence-corrected chi connectivity index (χ2v) is 10.7. The van der Waals surface area contributed by atoms with Crippen molar-refractivity contribution < 1.29 is 19.7 Å². The highest BCUT2D eigenvalue weighted by atomic mass is 32.1. The van der Waals surface area contributed by atoms with E-state index < -0.39 is 0 Å². The average Bonchev–Trinajstić information content (AvgIpc) is 3.29. The molecule has 0 spiro atoms. The first-order chi connectivity index (χ1) is 13.7. The summed E-state index contributed by atoms with van der Waals surface area (Å²) in [5.41, 5.74) is 0.109. The van der Waals surface area contributed by atoms with Gasteiger partial charge in [0.05, 0.1) is 23.0 Å². The number of hydrogen-bond acceptors (Lipinski definition) is 6. The fourth-order valence-corrected chi connectivity index (χ4v) is 5.82. The van der Waals surface area contributed by atoms with E-state index in [1.165, 1.54) is 9.75 Å². The van der Waals surface area contributed by atoms with Crippen molar-refractivity contribution in [2.45, 2.75) is 71.6 Å². The SMILES string of the molecule is CCCC(C)(C)c1cc(OCCO)c(-c2sc(C(C)(C)CC)cc2OCCO)s1. The summed E-state index contributed by atoms with van der Waals surface area (Å²) in [4.78, 5) is 4.64. The monoisotopic (exact) mass is 440 g/mol. The van der Waals surface area contributed by atoms with Crippen LogP contribution in [0.15, 0.2) is 12.1 Å². The number of hydrogen-bond donors (Lipinski definition) is 2. The van der Waals surface area contributed by atoms with E-state index in [1.54, 1.807) is 22.7 Å². The molecule has 4 nitrogen and oxygen atoms in total. The molecule has 6 heteroatoms. The maximum Gasteiger partial charge on any atom is 0.139 e. The van der Waals surface area contributed by atoms with Crippen LogP contribution in [0.1, 0.15) is 70.6 Å². The highest BCUT2D eigenvalue weighted by molar-refractivity contribution is 7.23. The van der Waals surface area contributed by atoms with Gasteiger partial charge in [-0.05, 0) is 35.8 Å². The lowest BCUT2D eigenvalue weighted by molar-refractivity contribution is 0.200. The minimum Gasteiger partial charge on any atom is -0.490 e. The summed E-state index contributed by atoms with van der Waals surface area (Å²) < 4.78 is 11.9. The molecule has 164 valence electrons. The third-order valence-electron chi connectivity index (χ3n) is 5.39. The van der Waals surface area contributed by atoms with Crippen molar-refractivity contribution in [3.8, 4) is 21.3 Å². The van der Waals surface area contributed by atoms with E-state index in [0.29, 0.717) is 0 Å². The molecule has 29 heavy (non-hydrogen) atoms. The Kier molecular flexibility index (Phi) is 8.59. The summed E-state index contributed by atoms with van der Waals surface area (Å²) in [5.74, 6) is 1.61. The predicted molar refractivity (Wildman–Crippen MR) is 124 cm³/mol. The van der Waals surface area contributed by atoms with E-state index >= 15 is 0 Å². The Bertz CT molecular complexity index is 774. The van der Waals surface area contributed by atoms with Crippen molar-refractivity contribution in [3.63, 3.8) is 0 Å². The molecule has 2 N–H and O–H groups in total. The van der Waals surface area contributed by atoms with Gasteiger partial charge >= 0.3 is 0 Å². The molecule has 2 heterocycles. The molecule has 0 unspecified atom stereocenters. The highest BCUT2D eigenvalue weighted by Gasteiger charge is 2.29. The quantitative estimate of drug-likeness (QED) is 0.426. The topological polar surface area (TPSA) is 58.9 Å². The van der Waals surface area contributed by atoms with Crippen LogP contribution < -0.4 is 9.47 Å². The molecule has 2 aromatic rings. The first kappa shape index (κ1) is 24.2. The zero-order chi connectivity index (χ0) is 21.7. The Labute approximate surface area is 183 Å². The van der Waals surface area contributed by atoms with Crippen LogP contribution in [0, 0.1) is 0 Å². The van der Waals surface area contributed by atoms with E-state index in [4.69, 9.17) is 9.47 Å². The molecule has 0 amide bonds. The molecule has 2 aromatic heterocycles. The van der Waals surface area contributed by atoms with Crippen molar-refractivity contribution in [2.75, 3.05) is 26.4 Å². The lowest BCUT2D eigenvalue weighted by Crippen LogP contribution is -2.14. The van der Waals surface area contributed by atoms with Crippen molar-refractivity contribution in [1.82, 2.24) is 0 Å². The largest absolute Gasteiger partial charge is 0.490 e. The Morgan fingerprint density at radius 2 is 1.24 bits per heavy atom. The zero-order valence-corrected chi connectivity index (χ0v) is 20.3. The molecule has 0 aromatic carbocycles. The second-order valence-electron chi connectivity index (χ2n) is 8.62. The molecule has 0 bridgehead atoms. The fourth-order valence-electron chi connectivity index (χ4n) is 3.18. The smallest absolute Gasteiger partial charge is 0.139 e. The van der Waals surface area contributed by atoms with Gasteiger partial charge in [-0.3, -0.25) is 0 Å². The highest BCUT2D eigenvalue weighted by Crippen LogP contribution is 2.51. The molecule has 0 aliphatic carbocycles. The van der Waals surface area contributed by atoms with Crippen molar-refractivity contribution >= 4 is 22.7 Å². The van der Waals surface area contributed by atoms with E-state index in [1.807, 2.05) is 0 Å². The first-order valence-corrected chi connectivity index (χ1v) is 12.1. The fraction of sp³-hybridized carbons (Fsp3) is 0.652. The molecular weight excluding hydrogens is 404 g/mol. The number of aliphatic hydroxyl groups excluding tert-OH is 2. The summed E-state index contributed by atoms with van der Waals surface area (Å²) in [6.45, 7) is 13.9. The molecule has 0 aliphatic heterocycles. The Balaban J connectivity index is 2.59. The summed E-state index contributed by atoms with van der Waals surface area (Å²) in [5, 5.41) is 18.6. The van der Waals surface area contributed by atoms with E-state index in [2.05, 4.69) is 53.7 Å². The normalized spacial score (nSPS) is 12.4. The standard InChI is InChI=1S/C23H36O4S2/c1-7-9-23(5,6)19-15-17(27-13-11-25)21(29-19)20-16(26-12-10-24)14-18(28-20)22(3,4)8-2/h14-15,24-25H,7-13H2,1-6H3. The maximum atomic E-state index is 9.28. The minimum atomic E-state index is -0.0190. The zero-order valence-electron chi connectivity index (χ0n) is 18.6. The maximum absolute atomic E-state index is 9.28. The number of aliphatic hydroxyl groups is 2. The van der Waals surface area contributed by atoms with E-state index in [9.17, 15) is 10.2 Å². The first-order valence-electron chi connectivity index (χ1n) is 10.5. The van der Waals surface area contributed by atoms with Crippen molar-refractivity contribution in [3.05, 3.63) is 21.9 Å². The van der Waals surface area contributed by atoms with Crippen LogP contribution in [0.2, 0.25) is 0 Å².